The number of pyridine rings is 1. The summed E-state index contributed by atoms with van der Waals surface area (Å²) < 4.78 is 0. The molecule has 2 heterocycles. The van der Waals surface area contributed by atoms with Crippen molar-refractivity contribution in [3.8, 4) is 11.1 Å². The van der Waals surface area contributed by atoms with Crippen LogP contribution in [0.25, 0.3) is 22.2 Å². The standard InChI is InChI=1S/C21H13Cl2N3O2/c22-16-3-1-2-14(18(16)23)19(27)15-10-26-21-17(15)13(8-9-25-21)11-4-6-12(7-5-11)20(24)28/h1-10H,(H2,24,28)(H,25,26). The summed E-state index contributed by atoms with van der Waals surface area (Å²) in [4.78, 5) is 31.8. The third-order valence-electron chi connectivity index (χ3n) is 4.49. The molecule has 28 heavy (non-hydrogen) atoms. The fraction of sp³-hybridized carbons (Fsp3) is 0. The number of nitrogens with one attached hydrogen (secondary N) is 1. The van der Waals surface area contributed by atoms with E-state index in [2.05, 4.69) is 9.97 Å². The SMILES string of the molecule is NC(=O)c1ccc(-c2ccnc3[nH]cc(C(=O)c4cccc(Cl)c4Cl)c23)cc1. The number of primary amides is 1. The largest absolute Gasteiger partial charge is 0.366 e. The molecular weight excluding hydrogens is 397 g/mol. The summed E-state index contributed by atoms with van der Waals surface area (Å²) >= 11 is 12.3. The molecule has 5 nitrogen and oxygen atoms in total. The van der Waals surface area contributed by atoms with E-state index in [4.69, 9.17) is 28.9 Å². The predicted octanol–water partition coefficient (Wildman–Crippen LogP) is 4.87. The quantitative estimate of drug-likeness (QED) is 0.471. The number of carbonyl (C=O) groups excluding carboxylic acids is 2. The normalized spacial score (nSPS) is 10.9. The molecular formula is C21H13Cl2N3O2. The highest BCUT2D eigenvalue weighted by Crippen LogP contribution is 2.33. The minimum atomic E-state index is -0.500. The van der Waals surface area contributed by atoms with Crippen molar-refractivity contribution in [2.75, 3.05) is 0 Å². The molecule has 0 bridgehead atoms. The van der Waals surface area contributed by atoms with Gasteiger partial charge in [-0.05, 0) is 41.5 Å². The molecule has 4 rings (SSSR count). The maximum atomic E-state index is 13.2. The van der Waals surface area contributed by atoms with E-state index in [9.17, 15) is 9.59 Å². The number of amides is 1. The van der Waals surface area contributed by atoms with Crippen molar-refractivity contribution in [2.24, 2.45) is 5.73 Å². The number of aromatic amines is 1. The van der Waals surface area contributed by atoms with Gasteiger partial charge >= 0.3 is 0 Å². The zero-order valence-electron chi connectivity index (χ0n) is 14.4. The zero-order chi connectivity index (χ0) is 19.8. The number of carbonyl (C=O) groups is 2. The molecule has 2 aromatic carbocycles. The lowest BCUT2D eigenvalue weighted by molar-refractivity contribution is 0.0998. The molecule has 0 atom stereocenters. The maximum Gasteiger partial charge on any atom is 0.248 e. The Labute approximate surface area is 170 Å². The highest BCUT2D eigenvalue weighted by atomic mass is 35.5. The lowest BCUT2D eigenvalue weighted by Gasteiger charge is -2.08. The van der Waals surface area contributed by atoms with Crippen LogP contribution in [0.15, 0.2) is 60.9 Å². The Bertz CT molecular complexity index is 1230. The second kappa shape index (κ2) is 7.11. The summed E-state index contributed by atoms with van der Waals surface area (Å²) in [5.74, 6) is -0.763. The third-order valence-corrected chi connectivity index (χ3v) is 5.31. The van der Waals surface area contributed by atoms with Crippen LogP contribution in [0.2, 0.25) is 10.0 Å². The Morgan fingerprint density at radius 1 is 0.964 bits per heavy atom. The van der Waals surface area contributed by atoms with Crippen LogP contribution >= 0.6 is 23.2 Å². The van der Waals surface area contributed by atoms with Crippen molar-refractivity contribution in [1.82, 2.24) is 9.97 Å². The smallest absolute Gasteiger partial charge is 0.248 e. The number of aromatic nitrogens is 2. The predicted molar refractivity (Wildman–Crippen MR) is 110 cm³/mol. The first-order valence-corrected chi connectivity index (χ1v) is 9.08. The van der Waals surface area contributed by atoms with E-state index in [1.165, 1.54) is 0 Å². The van der Waals surface area contributed by atoms with Crippen molar-refractivity contribution in [1.29, 1.82) is 0 Å². The summed E-state index contributed by atoms with van der Waals surface area (Å²) in [5, 5.41) is 1.18. The third kappa shape index (κ3) is 3.05. The lowest BCUT2D eigenvalue weighted by atomic mass is 9.96. The summed E-state index contributed by atoms with van der Waals surface area (Å²) in [5.41, 5.74) is 8.65. The summed E-state index contributed by atoms with van der Waals surface area (Å²) in [7, 11) is 0. The van der Waals surface area contributed by atoms with Crippen LogP contribution in [-0.2, 0) is 0 Å². The minimum Gasteiger partial charge on any atom is -0.366 e. The van der Waals surface area contributed by atoms with E-state index < -0.39 is 5.91 Å². The first kappa shape index (κ1) is 18.2. The molecule has 0 unspecified atom stereocenters. The minimum absolute atomic E-state index is 0.208. The van der Waals surface area contributed by atoms with Crippen LogP contribution < -0.4 is 5.73 Å². The molecule has 0 spiro atoms. The molecule has 0 aliphatic rings. The van der Waals surface area contributed by atoms with Gasteiger partial charge in [0.1, 0.15) is 5.65 Å². The number of H-pyrrole nitrogens is 1. The molecule has 138 valence electrons. The average molecular weight is 410 g/mol. The van der Waals surface area contributed by atoms with E-state index in [1.54, 1.807) is 54.9 Å². The van der Waals surface area contributed by atoms with Gasteiger partial charge < -0.3 is 10.7 Å². The van der Waals surface area contributed by atoms with Crippen LogP contribution in [0.1, 0.15) is 26.3 Å². The lowest BCUT2D eigenvalue weighted by Crippen LogP contribution is -2.10. The summed E-state index contributed by atoms with van der Waals surface area (Å²) in [6.45, 7) is 0. The van der Waals surface area contributed by atoms with Crippen LogP contribution in [0.4, 0.5) is 0 Å². The summed E-state index contributed by atoms with van der Waals surface area (Å²) in [6.07, 6.45) is 3.26. The fourth-order valence-corrected chi connectivity index (χ4v) is 3.50. The number of rotatable bonds is 4. The number of fused-ring (bicyclic) bond motifs is 1. The first-order valence-electron chi connectivity index (χ1n) is 8.32. The van der Waals surface area contributed by atoms with Gasteiger partial charge in [-0.1, -0.05) is 41.4 Å². The molecule has 0 aliphatic carbocycles. The van der Waals surface area contributed by atoms with Crippen LogP contribution in [0, 0.1) is 0 Å². The number of nitrogens with two attached hydrogens (primary N) is 1. The van der Waals surface area contributed by atoms with Gasteiger partial charge in [0, 0.05) is 28.9 Å². The number of halogens is 2. The van der Waals surface area contributed by atoms with Crippen LogP contribution in [-0.4, -0.2) is 21.7 Å². The molecule has 0 fully saturated rings. The van der Waals surface area contributed by atoms with E-state index in [-0.39, 0.29) is 10.8 Å². The molecule has 2 aromatic heterocycles. The molecule has 0 aliphatic heterocycles. The van der Waals surface area contributed by atoms with Crippen molar-refractivity contribution < 1.29 is 9.59 Å². The maximum absolute atomic E-state index is 13.2. The number of hydrogen-bond acceptors (Lipinski definition) is 3. The highest BCUT2D eigenvalue weighted by Gasteiger charge is 2.21. The van der Waals surface area contributed by atoms with Gasteiger partial charge in [-0.2, -0.15) is 0 Å². The van der Waals surface area contributed by atoms with Gasteiger partial charge in [-0.25, -0.2) is 4.98 Å². The van der Waals surface area contributed by atoms with Gasteiger partial charge in [0.15, 0.2) is 5.78 Å². The van der Waals surface area contributed by atoms with Gasteiger partial charge in [0.2, 0.25) is 5.91 Å². The van der Waals surface area contributed by atoms with Gasteiger partial charge in [0.25, 0.3) is 0 Å². The molecule has 1 amide bonds. The molecule has 7 heteroatoms. The fourth-order valence-electron chi connectivity index (χ4n) is 3.11. The Kier molecular flexibility index (Phi) is 4.63. The first-order chi connectivity index (χ1) is 13.5. The molecule has 0 saturated carbocycles. The van der Waals surface area contributed by atoms with E-state index in [0.717, 1.165) is 11.1 Å². The van der Waals surface area contributed by atoms with Crippen molar-refractivity contribution >= 4 is 45.9 Å². The van der Waals surface area contributed by atoms with Gasteiger partial charge in [-0.3, -0.25) is 9.59 Å². The van der Waals surface area contributed by atoms with E-state index >= 15 is 0 Å². The van der Waals surface area contributed by atoms with Crippen molar-refractivity contribution in [2.45, 2.75) is 0 Å². The monoisotopic (exact) mass is 409 g/mol. The van der Waals surface area contributed by atoms with Crippen LogP contribution in [0.3, 0.4) is 0 Å². The van der Waals surface area contributed by atoms with Crippen molar-refractivity contribution in [3.63, 3.8) is 0 Å². The molecule has 0 radical (unpaired) electrons. The second-order valence-electron chi connectivity index (χ2n) is 6.16. The highest BCUT2D eigenvalue weighted by molar-refractivity contribution is 6.44. The Balaban J connectivity index is 1.89. The average Bonchev–Trinajstić information content (AvgIpc) is 3.14. The number of ketones is 1. The number of benzene rings is 2. The van der Waals surface area contributed by atoms with Gasteiger partial charge in [-0.15, -0.1) is 0 Å². The second-order valence-corrected chi connectivity index (χ2v) is 6.94. The zero-order valence-corrected chi connectivity index (χ0v) is 15.9. The Hall–Kier alpha value is -3.15. The van der Waals surface area contributed by atoms with Crippen molar-refractivity contribution in [3.05, 3.63) is 87.7 Å². The Morgan fingerprint density at radius 3 is 2.43 bits per heavy atom. The van der Waals surface area contributed by atoms with E-state index in [0.29, 0.717) is 32.7 Å². The number of nitrogens with zero attached hydrogens (tertiary/aromatic N) is 1. The number of hydrogen-bond donors (Lipinski definition) is 2. The van der Waals surface area contributed by atoms with Crippen LogP contribution in [0.5, 0.6) is 0 Å². The molecule has 0 saturated heterocycles. The van der Waals surface area contributed by atoms with Gasteiger partial charge in [0.05, 0.1) is 15.6 Å². The molecule has 4 aromatic rings. The molecule has 3 N–H and O–H groups in total. The topological polar surface area (TPSA) is 88.8 Å². The summed E-state index contributed by atoms with van der Waals surface area (Å²) in [6, 6.07) is 13.6. The Morgan fingerprint density at radius 2 is 1.71 bits per heavy atom. The van der Waals surface area contributed by atoms with E-state index in [1.807, 2.05) is 6.07 Å².